The van der Waals surface area contributed by atoms with Gasteiger partial charge in [0.2, 0.25) is 5.79 Å². The lowest BCUT2D eigenvalue weighted by molar-refractivity contribution is -0.224. The maximum atomic E-state index is 12.5. The monoisotopic (exact) mass is 341 g/mol. The number of amides is 1. The first kappa shape index (κ1) is 16.5. The molecule has 2 unspecified atom stereocenters. The summed E-state index contributed by atoms with van der Waals surface area (Å²) in [5, 5.41) is -0.323. The molecule has 6 nitrogen and oxygen atoms in total. The van der Waals surface area contributed by atoms with Crippen molar-refractivity contribution in [3.05, 3.63) is 35.9 Å². The van der Waals surface area contributed by atoms with Gasteiger partial charge in [0.25, 0.3) is 0 Å². The minimum Gasteiger partial charge on any atom is -0.445 e. The van der Waals surface area contributed by atoms with Crippen LogP contribution in [0.15, 0.2) is 30.3 Å². The molecular weight excluding hydrogens is 322 g/mol. The second-order valence-corrected chi connectivity index (χ2v) is 6.21. The third kappa shape index (κ3) is 2.92. The summed E-state index contributed by atoms with van der Waals surface area (Å²) in [6, 6.07) is 9.08. The van der Waals surface area contributed by atoms with E-state index in [1.807, 2.05) is 30.3 Å². The molecule has 23 heavy (non-hydrogen) atoms. The van der Waals surface area contributed by atoms with Gasteiger partial charge in [-0.3, -0.25) is 4.90 Å². The zero-order valence-corrected chi connectivity index (χ0v) is 13.9. The predicted octanol–water partition coefficient (Wildman–Crippen LogP) is 2.00. The molecule has 0 spiro atoms. The van der Waals surface area contributed by atoms with Gasteiger partial charge in [0, 0.05) is 20.8 Å². The van der Waals surface area contributed by atoms with E-state index in [2.05, 4.69) is 0 Å². The molecule has 0 aliphatic carbocycles. The molecule has 0 N–H and O–H groups in total. The number of methoxy groups -OCH3 is 2. The molecule has 1 amide bonds. The molecule has 2 heterocycles. The van der Waals surface area contributed by atoms with Gasteiger partial charge < -0.3 is 18.9 Å². The molecule has 0 saturated carbocycles. The van der Waals surface area contributed by atoms with Gasteiger partial charge >= 0.3 is 6.09 Å². The summed E-state index contributed by atoms with van der Waals surface area (Å²) < 4.78 is 22.1. The van der Waals surface area contributed by atoms with E-state index >= 15 is 0 Å². The maximum absolute atomic E-state index is 12.5. The van der Waals surface area contributed by atoms with Gasteiger partial charge in [0.15, 0.2) is 0 Å². The quantitative estimate of drug-likeness (QED) is 0.619. The fraction of sp³-hybridized carbons (Fsp3) is 0.562. The van der Waals surface area contributed by atoms with Crippen LogP contribution in [0.1, 0.15) is 5.56 Å². The van der Waals surface area contributed by atoms with Crippen LogP contribution in [0.2, 0.25) is 0 Å². The summed E-state index contributed by atoms with van der Waals surface area (Å²) in [7, 11) is 3.06. The number of alkyl halides is 1. The van der Waals surface area contributed by atoms with Crippen molar-refractivity contribution in [3.8, 4) is 0 Å². The largest absolute Gasteiger partial charge is 0.445 e. The van der Waals surface area contributed by atoms with E-state index in [1.54, 1.807) is 4.90 Å². The Bertz CT molecular complexity index is 551. The van der Waals surface area contributed by atoms with Crippen LogP contribution in [0.4, 0.5) is 4.79 Å². The van der Waals surface area contributed by atoms with Crippen LogP contribution in [0.25, 0.3) is 0 Å². The molecule has 2 fully saturated rings. The van der Waals surface area contributed by atoms with E-state index in [4.69, 9.17) is 30.5 Å². The molecule has 2 aliphatic heterocycles. The van der Waals surface area contributed by atoms with Crippen molar-refractivity contribution in [3.63, 3.8) is 0 Å². The Morgan fingerprint density at radius 2 is 2.04 bits per heavy atom. The minimum absolute atomic E-state index is 0.203. The number of ether oxygens (including phenoxy) is 4. The summed E-state index contributed by atoms with van der Waals surface area (Å²) in [4.78, 5) is 14.1. The lowest BCUT2D eigenvalue weighted by atomic mass is 10.1. The zero-order valence-electron chi connectivity index (χ0n) is 13.1. The Balaban J connectivity index is 1.72. The van der Waals surface area contributed by atoms with E-state index in [9.17, 15) is 4.79 Å². The number of halogens is 1. The third-order valence-electron chi connectivity index (χ3n) is 4.43. The van der Waals surface area contributed by atoms with Gasteiger partial charge in [-0.25, -0.2) is 4.79 Å². The van der Waals surface area contributed by atoms with Crippen molar-refractivity contribution in [1.82, 2.24) is 4.90 Å². The molecular formula is C16H20ClNO5. The molecule has 2 aliphatic rings. The highest BCUT2D eigenvalue weighted by molar-refractivity contribution is 6.21. The molecule has 0 bridgehead atoms. The van der Waals surface area contributed by atoms with E-state index in [1.165, 1.54) is 14.2 Å². The van der Waals surface area contributed by atoms with Gasteiger partial charge in [-0.2, -0.15) is 0 Å². The Labute approximate surface area is 140 Å². The first-order chi connectivity index (χ1) is 11.1. The fourth-order valence-electron chi connectivity index (χ4n) is 3.19. The minimum atomic E-state index is -1.01. The molecule has 1 aromatic carbocycles. The lowest BCUT2D eigenvalue weighted by Gasteiger charge is -2.35. The lowest BCUT2D eigenvalue weighted by Crippen LogP contribution is -2.55. The highest BCUT2D eigenvalue weighted by Gasteiger charge is 2.61. The number of benzene rings is 1. The molecule has 2 saturated heterocycles. The predicted molar refractivity (Wildman–Crippen MR) is 83.3 cm³/mol. The van der Waals surface area contributed by atoms with E-state index in [0.717, 1.165) is 5.56 Å². The number of fused-ring (bicyclic) bond motifs is 1. The van der Waals surface area contributed by atoms with Crippen molar-refractivity contribution < 1.29 is 23.7 Å². The van der Waals surface area contributed by atoms with Crippen LogP contribution in [-0.2, 0) is 25.6 Å². The van der Waals surface area contributed by atoms with Gasteiger partial charge in [-0.1, -0.05) is 30.3 Å². The fourth-order valence-corrected chi connectivity index (χ4v) is 3.55. The molecule has 3 atom stereocenters. The highest BCUT2D eigenvalue weighted by Crippen LogP contribution is 2.40. The number of likely N-dealkylation sites (tertiary alicyclic amines) is 1. The third-order valence-corrected chi connectivity index (χ3v) is 4.82. The summed E-state index contributed by atoms with van der Waals surface area (Å²) in [6.45, 7) is 0.758. The molecule has 7 heteroatoms. The van der Waals surface area contributed by atoms with Gasteiger partial charge in [-0.15, -0.1) is 11.6 Å². The van der Waals surface area contributed by atoms with Gasteiger partial charge in [0.1, 0.15) is 25.4 Å². The highest BCUT2D eigenvalue weighted by atomic mass is 35.5. The number of carbonyl (C=O) groups excluding carboxylic acids is 1. The topological polar surface area (TPSA) is 57.2 Å². The van der Waals surface area contributed by atoms with E-state index < -0.39 is 17.9 Å². The second-order valence-electron chi connectivity index (χ2n) is 5.65. The summed E-state index contributed by atoms with van der Waals surface area (Å²) in [5.74, 6) is -1.01. The van der Waals surface area contributed by atoms with Crippen molar-refractivity contribution in [2.45, 2.75) is 29.9 Å². The SMILES string of the molecule is COC1(OC)COC2C1N(C(=O)OCc1ccccc1)C[C@@H]2Cl. The molecule has 126 valence electrons. The summed E-state index contributed by atoms with van der Waals surface area (Å²) in [6.07, 6.45) is -0.781. The normalized spacial score (nSPS) is 28.7. The number of hydrogen-bond donors (Lipinski definition) is 0. The van der Waals surface area contributed by atoms with E-state index in [-0.39, 0.29) is 24.7 Å². The van der Waals surface area contributed by atoms with Crippen molar-refractivity contribution >= 4 is 17.7 Å². The summed E-state index contributed by atoms with van der Waals surface area (Å²) in [5.41, 5.74) is 0.923. The van der Waals surface area contributed by atoms with Crippen molar-refractivity contribution in [2.24, 2.45) is 0 Å². The number of rotatable bonds is 4. The Morgan fingerprint density at radius 3 is 2.70 bits per heavy atom. The van der Waals surface area contributed by atoms with E-state index in [0.29, 0.717) is 6.54 Å². The Kier molecular flexibility index (Phi) is 4.77. The Morgan fingerprint density at radius 1 is 1.35 bits per heavy atom. The van der Waals surface area contributed by atoms with Crippen LogP contribution in [-0.4, -0.2) is 61.7 Å². The van der Waals surface area contributed by atoms with Crippen LogP contribution < -0.4 is 0 Å². The number of nitrogens with zero attached hydrogens (tertiary/aromatic N) is 1. The first-order valence-electron chi connectivity index (χ1n) is 7.44. The van der Waals surface area contributed by atoms with Gasteiger partial charge in [0.05, 0.1) is 5.38 Å². The number of hydrogen-bond acceptors (Lipinski definition) is 5. The van der Waals surface area contributed by atoms with Crippen LogP contribution in [0.3, 0.4) is 0 Å². The second kappa shape index (κ2) is 6.65. The molecule has 0 aromatic heterocycles. The zero-order chi connectivity index (χ0) is 16.4. The average molecular weight is 342 g/mol. The Hall–Kier alpha value is -1.34. The molecule has 1 aromatic rings. The molecule has 3 rings (SSSR count). The van der Waals surface area contributed by atoms with Crippen molar-refractivity contribution in [2.75, 3.05) is 27.4 Å². The van der Waals surface area contributed by atoms with Crippen molar-refractivity contribution in [1.29, 1.82) is 0 Å². The van der Waals surface area contributed by atoms with Gasteiger partial charge in [-0.05, 0) is 5.56 Å². The van der Waals surface area contributed by atoms with Crippen LogP contribution >= 0.6 is 11.6 Å². The smallest absolute Gasteiger partial charge is 0.410 e. The first-order valence-corrected chi connectivity index (χ1v) is 7.88. The van der Waals surface area contributed by atoms with Crippen LogP contribution in [0.5, 0.6) is 0 Å². The summed E-state index contributed by atoms with van der Waals surface area (Å²) >= 11 is 6.32. The van der Waals surface area contributed by atoms with Crippen LogP contribution in [0, 0.1) is 0 Å². The maximum Gasteiger partial charge on any atom is 0.410 e. The number of carbonyl (C=O) groups is 1. The molecule has 0 radical (unpaired) electrons. The average Bonchev–Trinajstić information content (AvgIpc) is 3.13. The standard InChI is InChI=1S/C16H20ClNO5/c1-20-16(21-2)10-23-13-12(17)8-18(14(13)16)15(19)22-9-11-6-4-3-5-7-11/h3-7,12-14H,8-10H2,1-2H3/t12-,13?,14?/m0/s1.